The van der Waals surface area contributed by atoms with E-state index in [1.54, 1.807) is 0 Å². The van der Waals surface area contributed by atoms with E-state index < -0.39 is 10.8 Å². The first-order chi connectivity index (χ1) is 8.20. The van der Waals surface area contributed by atoms with Crippen molar-refractivity contribution in [3.8, 4) is 0 Å². The van der Waals surface area contributed by atoms with Gasteiger partial charge in [0.15, 0.2) is 0 Å². The fraction of sp³-hybridized carbons (Fsp3) is 0.538. The van der Waals surface area contributed by atoms with Gasteiger partial charge >= 0.3 is 0 Å². The molecule has 94 valence electrons. The molecule has 2 rings (SSSR count). The van der Waals surface area contributed by atoms with Crippen LogP contribution in [-0.4, -0.2) is 28.8 Å². The highest BCUT2D eigenvalue weighted by molar-refractivity contribution is 7.85. The first-order valence-electron chi connectivity index (χ1n) is 6.16. The molecule has 1 unspecified atom stereocenters. The lowest BCUT2D eigenvalue weighted by Crippen LogP contribution is -2.37. The monoisotopic (exact) mass is 252 g/mol. The van der Waals surface area contributed by atoms with E-state index in [1.165, 1.54) is 11.3 Å². The van der Waals surface area contributed by atoms with Crippen LogP contribution in [0.15, 0.2) is 24.3 Å². The van der Waals surface area contributed by atoms with E-state index in [-0.39, 0.29) is 6.04 Å². The fourth-order valence-corrected chi connectivity index (χ4v) is 3.12. The second-order valence-corrected chi connectivity index (χ2v) is 6.14. The standard InChI is InChI=1S/C13H20N2OS/c1-2-13(14)11-3-5-12(6-4-11)15-7-9-17(16)10-8-15/h3-6,13H,2,7-10,14H2,1H3. The van der Waals surface area contributed by atoms with Crippen LogP contribution in [0.3, 0.4) is 0 Å². The summed E-state index contributed by atoms with van der Waals surface area (Å²) in [6.07, 6.45) is 0.960. The molecule has 1 heterocycles. The molecule has 1 aromatic carbocycles. The zero-order valence-electron chi connectivity index (χ0n) is 10.3. The molecule has 0 bridgehead atoms. The van der Waals surface area contributed by atoms with Crippen LogP contribution in [0, 0.1) is 0 Å². The Balaban J connectivity index is 2.05. The summed E-state index contributed by atoms with van der Waals surface area (Å²) >= 11 is 0. The normalized spacial score (nSPS) is 19.3. The maximum Gasteiger partial charge on any atom is 0.0411 e. The third kappa shape index (κ3) is 3.07. The zero-order valence-corrected chi connectivity index (χ0v) is 11.1. The highest BCUT2D eigenvalue weighted by atomic mass is 32.2. The predicted octanol–water partition coefficient (Wildman–Crippen LogP) is 1.67. The van der Waals surface area contributed by atoms with Gasteiger partial charge in [-0.05, 0) is 24.1 Å². The third-order valence-electron chi connectivity index (χ3n) is 3.30. The summed E-state index contributed by atoms with van der Waals surface area (Å²) in [6, 6.07) is 8.60. The van der Waals surface area contributed by atoms with E-state index in [2.05, 4.69) is 36.1 Å². The predicted molar refractivity (Wildman–Crippen MR) is 73.8 cm³/mol. The van der Waals surface area contributed by atoms with E-state index in [0.717, 1.165) is 31.0 Å². The van der Waals surface area contributed by atoms with Crippen LogP contribution < -0.4 is 10.6 Å². The molecule has 0 saturated carbocycles. The number of nitrogens with two attached hydrogens (primary N) is 1. The summed E-state index contributed by atoms with van der Waals surface area (Å²) in [4.78, 5) is 2.29. The number of benzene rings is 1. The minimum absolute atomic E-state index is 0.137. The molecule has 0 amide bonds. The van der Waals surface area contributed by atoms with Gasteiger partial charge in [0.25, 0.3) is 0 Å². The van der Waals surface area contributed by atoms with Crippen LogP contribution >= 0.6 is 0 Å². The van der Waals surface area contributed by atoms with Gasteiger partial charge in [0, 0.05) is 47.1 Å². The van der Waals surface area contributed by atoms with Gasteiger partial charge < -0.3 is 10.6 Å². The third-order valence-corrected chi connectivity index (χ3v) is 4.58. The lowest BCUT2D eigenvalue weighted by Gasteiger charge is -2.28. The molecule has 1 atom stereocenters. The van der Waals surface area contributed by atoms with Crippen LogP contribution in [0.1, 0.15) is 24.9 Å². The molecular weight excluding hydrogens is 232 g/mol. The summed E-state index contributed by atoms with van der Waals surface area (Å²) in [6.45, 7) is 3.89. The molecule has 0 radical (unpaired) electrons. The Hall–Kier alpha value is -0.870. The topological polar surface area (TPSA) is 46.3 Å². The molecule has 1 aliphatic rings. The van der Waals surface area contributed by atoms with Gasteiger partial charge in [-0.2, -0.15) is 0 Å². The van der Waals surface area contributed by atoms with Crippen molar-refractivity contribution in [2.24, 2.45) is 5.73 Å². The molecule has 1 aromatic rings. The molecule has 1 fully saturated rings. The van der Waals surface area contributed by atoms with Crippen LogP contribution in [0.4, 0.5) is 5.69 Å². The van der Waals surface area contributed by atoms with E-state index in [1.807, 2.05) is 0 Å². The van der Waals surface area contributed by atoms with Crippen molar-refractivity contribution in [3.05, 3.63) is 29.8 Å². The summed E-state index contributed by atoms with van der Waals surface area (Å²) < 4.78 is 11.3. The van der Waals surface area contributed by atoms with Crippen LogP contribution in [0.25, 0.3) is 0 Å². The van der Waals surface area contributed by atoms with Gasteiger partial charge in [-0.1, -0.05) is 19.1 Å². The van der Waals surface area contributed by atoms with Gasteiger partial charge in [0.1, 0.15) is 0 Å². The maximum absolute atomic E-state index is 11.3. The van der Waals surface area contributed by atoms with Gasteiger partial charge in [-0.15, -0.1) is 0 Å². The maximum atomic E-state index is 11.3. The molecular formula is C13H20N2OS. The van der Waals surface area contributed by atoms with Crippen LogP contribution in [-0.2, 0) is 10.8 Å². The fourth-order valence-electron chi connectivity index (χ4n) is 2.06. The lowest BCUT2D eigenvalue weighted by atomic mass is 10.1. The summed E-state index contributed by atoms with van der Waals surface area (Å²) in [5.74, 6) is 1.58. The molecule has 2 N–H and O–H groups in total. The minimum atomic E-state index is -0.609. The van der Waals surface area contributed by atoms with Crippen molar-refractivity contribution in [2.75, 3.05) is 29.5 Å². The van der Waals surface area contributed by atoms with Crippen LogP contribution in [0.5, 0.6) is 0 Å². The van der Waals surface area contributed by atoms with E-state index >= 15 is 0 Å². The van der Waals surface area contributed by atoms with Gasteiger partial charge in [0.2, 0.25) is 0 Å². The van der Waals surface area contributed by atoms with Crippen molar-refractivity contribution in [3.63, 3.8) is 0 Å². The Kier molecular flexibility index (Phi) is 4.18. The number of nitrogens with zero attached hydrogens (tertiary/aromatic N) is 1. The molecule has 0 spiro atoms. The van der Waals surface area contributed by atoms with Crippen molar-refractivity contribution in [1.29, 1.82) is 0 Å². The molecule has 17 heavy (non-hydrogen) atoms. The summed E-state index contributed by atoms with van der Waals surface area (Å²) in [7, 11) is -0.609. The first kappa shape index (κ1) is 12.6. The van der Waals surface area contributed by atoms with Crippen molar-refractivity contribution < 1.29 is 4.21 Å². The highest BCUT2D eigenvalue weighted by Crippen LogP contribution is 2.20. The second kappa shape index (κ2) is 5.65. The van der Waals surface area contributed by atoms with E-state index in [9.17, 15) is 4.21 Å². The Morgan fingerprint density at radius 2 is 1.88 bits per heavy atom. The van der Waals surface area contributed by atoms with E-state index in [0.29, 0.717) is 0 Å². The number of rotatable bonds is 3. The number of hydrogen-bond acceptors (Lipinski definition) is 3. The highest BCUT2D eigenvalue weighted by Gasteiger charge is 2.15. The first-order valence-corrected chi connectivity index (χ1v) is 7.65. The van der Waals surface area contributed by atoms with Gasteiger partial charge in [-0.3, -0.25) is 4.21 Å². The molecule has 1 saturated heterocycles. The Morgan fingerprint density at radius 1 is 1.29 bits per heavy atom. The quantitative estimate of drug-likeness (QED) is 0.890. The smallest absolute Gasteiger partial charge is 0.0411 e. The molecule has 1 aliphatic heterocycles. The Labute approximate surface area is 105 Å². The molecule has 0 aromatic heterocycles. The lowest BCUT2D eigenvalue weighted by molar-refractivity contribution is 0.673. The van der Waals surface area contributed by atoms with Crippen molar-refractivity contribution in [1.82, 2.24) is 0 Å². The van der Waals surface area contributed by atoms with Crippen molar-refractivity contribution in [2.45, 2.75) is 19.4 Å². The summed E-state index contributed by atoms with van der Waals surface area (Å²) in [5, 5.41) is 0. The molecule has 4 heteroatoms. The average molecular weight is 252 g/mol. The summed E-state index contributed by atoms with van der Waals surface area (Å²) in [5.41, 5.74) is 8.40. The largest absolute Gasteiger partial charge is 0.370 e. The van der Waals surface area contributed by atoms with E-state index in [4.69, 9.17) is 5.73 Å². The minimum Gasteiger partial charge on any atom is -0.370 e. The number of hydrogen-bond donors (Lipinski definition) is 1. The zero-order chi connectivity index (χ0) is 12.3. The SMILES string of the molecule is CCC(N)c1ccc(N2CCS(=O)CC2)cc1. The average Bonchev–Trinajstić information content (AvgIpc) is 2.39. The molecule has 3 nitrogen and oxygen atoms in total. The molecule has 0 aliphatic carbocycles. The Bertz CT molecular complexity index is 381. The Morgan fingerprint density at radius 3 is 2.41 bits per heavy atom. The van der Waals surface area contributed by atoms with Gasteiger partial charge in [0.05, 0.1) is 0 Å². The number of anilines is 1. The second-order valence-electron chi connectivity index (χ2n) is 4.44. The van der Waals surface area contributed by atoms with Crippen molar-refractivity contribution >= 4 is 16.5 Å². The van der Waals surface area contributed by atoms with Gasteiger partial charge in [-0.25, -0.2) is 0 Å². The van der Waals surface area contributed by atoms with Crippen LogP contribution in [0.2, 0.25) is 0 Å².